The summed E-state index contributed by atoms with van der Waals surface area (Å²) in [6.07, 6.45) is 4.11. The van der Waals surface area contributed by atoms with Crippen molar-refractivity contribution in [2.24, 2.45) is 0 Å². The lowest BCUT2D eigenvalue weighted by molar-refractivity contribution is 0.0986. The molecule has 2 heterocycles. The highest BCUT2D eigenvalue weighted by molar-refractivity contribution is 7.18. The number of rotatable bonds is 5. The van der Waals surface area contributed by atoms with E-state index in [4.69, 9.17) is 0 Å². The molecule has 2 aromatic heterocycles. The average molecular weight is 342 g/mol. The minimum absolute atomic E-state index is 0.284. The van der Waals surface area contributed by atoms with Crippen molar-refractivity contribution in [1.82, 2.24) is 15.2 Å². The van der Waals surface area contributed by atoms with E-state index in [9.17, 15) is 9.18 Å². The van der Waals surface area contributed by atoms with Gasteiger partial charge in [0.25, 0.3) is 5.91 Å². The van der Waals surface area contributed by atoms with Gasteiger partial charge in [0.05, 0.1) is 0 Å². The van der Waals surface area contributed by atoms with Crippen molar-refractivity contribution in [1.29, 1.82) is 0 Å². The fraction of sp³-hybridized carbons (Fsp3) is 0.176. The monoisotopic (exact) mass is 342 g/mol. The van der Waals surface area contributed by atoms with E-state index in [0.717, 1.165) is 12.0 Å². The van der Waals surface area contributed by atoms with Crippen molar-refractivity contribution in [3.05, 3.63) is 60.2 Å². The number of pyridine rings is 1. The van der Waals surface area contributed by atoms with E-state index >= 15 is 0 Å². The molecule has 24 heavy (non-hydrogen) atoms. The molecule has 1 aromatic carbocycles. The van der Waals surface area contributed by atoms with Crippen LogP contribution in [0.25, 0.3) is 10.6 Å². The van der Waals surface area contributed by atoms with E-state index in [2.05, 4.69) is 15.2 Å². The molecule has 0 saturated carbocycles. The summed E-state index contributed by atoms with van der Waals surface area (Å²) < 4.78 is 13.4. The van der Waals surface area contributed by atoms with Gasteiger partial charge in [0, 0.05) is 30.1 Å². The first-order valence-electron chi connectivity index (χ1n) is 7.50. The smallest absolute Gasteiger partial charge is 0.260 e. The van der Waals surface area contributed by atoms with Crippen LogP contribution in [0, 0.1) is 5.82 Å². The molecule has 0 unspecified atom stereocenters. The van der Waals surface area contributed by atoms with Crippen LogP contribution >= 0.6 is 11.3 Å². The number of hydrogen-bond acceptors (Lipinski definition) is 5. The molecule has 0 bridgehead atoms. The SMILES string of the molecule is CCCN(C(=O)c1cccc(F)c1)c1nnc(-c2ccncc2)s1. The molecule has 0 aliphatic rings. The lowest BCUT2D eigenvalue weighted by Gasteiger charge is -2.18. The molecule has 0 spiro atoms. The second-order valence-electron chi connectivity index (χ2n) is 5.09. The average Bonchev–Trinajstić information content (AvgIpc) is 3.09. The second kappa shape index (κ2) is 7.27. The van der Waals surface area contributed by atoms with Gasteiger partial charge in [0.1, 0.15) is 10.8 Å². The molecule has 0 fully saturated rings. The molecule has 0 atom stereocenters. The molecule has 0 aliphatic heterocycles. The molecular weight excluding hydrogens is 327 g/mol. The molecule has 1 amide bonds. The van der Waals surface area contributed by atoms with Crippen LogP contribution in [0.15, 0.2) is 48.8 Å². The van der Waals surface area contributed by atoms with E-state index in [0.29, 0.717) is 22.2 Å². The van der Waals surface area contributed by atoms with Crippen LogP contribution in [0.2, 0.25) is 0 Å². The molecule has 0 N–H and O–H groups in total. The number of aromatic nitrogens is 3. The van der Waals surface area contributed by atoms with Gasteiger partial charge in [-0.05, 0) is 36.8 Å². The van der Waals surface area contributed by atoms with E-state index in [1.807, 2.05) is 19.1 Å². The maximum Gasteiger partial charge on any atom is 0.260 e. The number of hydrogen-bond donors (Lipinski definition) is 0. The normalized spacial score (nSPS) is 10.6. The number of amides is 1. The van der Waals surface area contributed by atoms with Crippen molar-refractivity contribution >= 4 is 22.4 Å². The van der Waals surface area contributed by atoms with Crippen molar-refractivity contribution in [2.75, 3.05) is 11.4 Å². The number of benzene rings is 1. The van der Waals surface area contributed by atoms with Gasteiger partial charge in [-0.2, -0.15) is 0 Å². The van der Waals surface area contributed by atoms with E-state index in [1.165, 1.54) is 34.4 Å². The summed E-state index contributed by atoms with van der Waals surface area (Å²) in [7, 11) is 0. The van der Waals surface area contributed by atoms with Crippen LogP contribution in [-0.2, 0) is 0 Å². The number of carbonyl (C=O) groups excluding carboxylic acids is 1. The second-order valence-corrected chi connectivity index (χ2v) is 6.05. The molecule has 0 aliphatic carbocycles. The third-order valence-electron chi connectivity index (χ3n) is 3.34. The first-order valence-corrected chi connectivity index (χ1v) is 8.32. The van der Waals surface area contributed by atoms with Gasteiger partial charge >= 0.3 is 0 Å². The topological polar surface area (TPSA) is 59.0 Å². The highest BCUT2D eigenvalue weighted by Gasteiger charge is 2.21. The van der Waals surface area contributed by atoms with Gasteiger partial charge in [-0.1, -0.05) is 24.3 Å². The predicted molar refractivity (Wildman–Crippen MR) is 91.5 cm³/mol. The van der Waals surface area contributed by atoms with Crippen molar-refractivity contribution < 1.29 is 9.18 Å². The maximum absolute atomic E-state index is 13.4. The molecular formula is C17H15FN4OS. The largest absolute Gasteiger partial charge is 0.283 e. The van der Waals surface area contributed by atoms with Gasteiger partial charge < -0.3 is 0 Å². The van der Waals surface area contributed by atoms with Crippen LogP contribution in [0.4, 0.5) is 9.52 Å². The third-order valence-corrected chi connectivity index (χ3v) is 4.33. The molecule has 5 nitrogen and oxygen atoms in total. The minimum atomic E-state index is -0.438. The van der Waals surface area contributed by atoms with Gasteiger partial charge in [0.2, 0.25) is 5.13 Å². The number of carbonyl (C=O) groups is 1. The van der Waals surface area contributed by atoms with Crippen LogP contribution in [0.5, 0.6) is 0 Å². The molecule has 122 valence electrons. The van der Waals surface area contributed by atoms with Gasteiger partial charge in [-0.15, -0.1) is 10.2 Å². The quantitative estimate of drug-likeness (QED) is 0.708. The molecule has 0 radical (unpaired) electrons. The molecule has 0 saturated heterocycles. The Balaban J connectivity index is 1.91. The van der Waals surface area contributed by atoms with Crippen molar-refractivity contribution in [3.63, 3.8) is 0 Å². The Labute approximate surface area is 142 Å². The molecule has 3 aromatic rings. The van der Waals surface area contributed by atoms with Gasteiger partial charge in [-0.25, -0.2) is 4.39 Å². The molecule has 3 rings (SSSR count). The summed E-state index contributed by atoms with van der Waals surface area (Å²) in [5.74, 6) is -0.721. The van der Waals surface area contributed by atoms with Gasteiger partial charge in [0.15, 0.2) is 0 Å². The van der Waals surface area contributed by atoms with Crippen molar-refractivity contribution in [3.8, 4) is 10.6 Å². The van der Waals surface area contributed by atoms with Crippen LogP contribution < -0.4 is 4.90 Å². The van der Waals surface area contributed by atoms with Crippen molar-refractivity contribution in [2.45, 2.75) is 13.3 Å². The van der Waals surface area contributed by atoms with E-state index in [-0.39, 0.29) is 5.91 Å². The van der Waals surface area contributed by atoms with Crippen LogP contribution in [0.1, 0.15) is 23.7 Å². The Morgan fingerprint density at radius 1 is 1.21 bits per heavy atom. The summed E-state index contributed by atoms with van der Waals surface area (Å²) in [4.78, 5) is 18.2. The van der Waals surface area contributed by atoms with E-state index in [1.54, 1.807) is 18.5 Å². The number of halogens is 1. The first kappa shape index (κ1) is 16.2. The van der Waals surface area contributed by atoms with Crippen LogP contribution in [-0.4, -0.2) is 27.6 Å². The summed E-state index contributed by atoms with van der Waals surface area (Å²) in [6.45, 7) is 2.46. The zero-order valence-corrected chi connectivity index (χ0v) is 13.8. The third kappa shape index (κ3) is 3.46. The Kier molecular flexibility index (Phi) is 4.90. The Morgan fingerprint density at radius 2 is 2.00 bits per heavy atom. The summed E-state index contributed by atoms with van der Waals surface area (Å²) in [5, 5.41) is 9.50. The zero-order valence-electron chi connectivity index (χ0n) is 13.0. The Bertz CT molecular complexity index is 837. The highest BCUT2D eigenvalue weighted by Crippen LogP contribution is 2.29. The maximum atomic E-state index is 13.4. The lowest BCUT2D eigenvalue weighted by atomic mass is 10.2. The fourth-order valence-electron chi connectivity index (χ4n) is 2.22. The standard InChI is InChI=1S/C17H15FN4OS/c1-2-10-22(16(23)13-4-3-5-14(18)11-13)17-21-20-15(24-17)12-6-8-19-9-7-12/h3-9,11H,2,10H2,1H3. The first-order chi connectivity index (χ1) is 11.7. The number of nitrogens with zero attached hydrogens (tertiary/aromatic N) is 4. The fourth-order valence-corrected chi connectivity index (χ4v) is 3.10. The van der Waals surface area contributed by atoms with Gasteiger partial charge in [-0.3, -0.25) is 14.7 Å². The lowest BCUT2D eigenvalue weighted by Crippen LogP contribution is -2.31. The predicted octanol–water partition coefficient (Wildman–Crippen LogP) is 3.80. The summed E-state index contributed by atoms with van der Waals surface area (Å²) in [5.41, 5.74) is 1.19. The molecule has 7 heteroatoms. The van der Waals surface area contributed by atoms with E-state index < -0.39 is 5.82 Å². The Morgan fingerprint density at radius 3 is 2.71 bits per heavy atom. The Hall–Kier alpha value is -2.67. The number of anilines is 1. The minimum Gasteiger partial charge on any atom is -0.283 e. The summed E-state index contributed by atoms with van der Waals surface area (Å²) >= 11 is 1.32. The summed E-state index contributed by atoms with van der Waals surface area (Å²) in [6, 6.07) is 9.34. The highest BCUT2D eigenvalue weighted by atomic mass is 32.1. The zero-order chi connectivity index (χ0) is 16.9. The van der Waals surface area contributed by atoms with Crippen LogP contribution in [0.3, 0.4) is 0 Å².